The van der Waals surface area contributed by atoms with Gasteiger partial charge < -0.3 is 15.2 Å². The number of hydrogen-bond acceptors (Lipinski definition) is 3. The Balaban J connectivity index is 1.86. The topological polar surface area (TPSA) is 59.0 Å². The van der Waals surface area contributed by atoms with Gasteiger partial charge in [-0.05, 0) is 18.9 Å². The molecular formula is C11H18N4O. The molecule has 16 heavy (non-hydrogen) atoms. The highest BCUT2D eigenvalue weighted by Crippen LogP contribution is 2.14. The number of imidazole rings is 1. The van der Waals surface area contributed by atoms with Crippen LogP contribution in [0, 0.1) is 5.92 Å². The van der Waals surface area contributed by atoms with E-state index in [-0.39, 0.29) is 11.9 Å². The van der Waals surface area contributed by atoms with Crippen LogP contribution < -0.4 is 10.6 Å². The third kappa shape index (κ3) is 2.24. The molecule has 1 aliphatic heterocycles. The summed E-state index contributed by atoms with van der Waals surface area (Å²) in [5, 5.41) is 6.13. The average Bonchev–Trinajstić information content (AvgIpc) is 2.84. The fraction of sp³-hybridized carbons (Fsp3) is 0.636. The lowest BCUT2D eigenvalue weighted by atomic mass is 10.0. The smallest absolute Gasteiger partial charge is 0.237 e. The van der Waals surface area contributed by atoms with E-state index in [1.165, 1.54) is 0 Å². The molecule has 1 aromatic heterocycles. The Morgan fingerprint density at radius 1 is 1.75 bits per heavy atom. The van der Waals surface area contributed by atoms with Gasteiger partial charge in [0.1, 0.15) is 5.82 Å². The summed E-state index contributed by atoms with van der Waals surface area (Å²) in [5.41, 5.74) is 0. The van der Waals surface area contributed by atoms with E-state index < -0.39 is 0 Å². The highest BCUT2D eigenvalue weighted by molar-refractivity contribution is 5.82. The van der Waals surface area contributed by atoms with Gasteiger partial charge in [0.25, 0.3) is 0 Å². The highest BCUT2D eigenvalue weighted by Gasteiger charge is 2.28. The first kappa shape index (κ1) is 11.1. The van der Waals surface area contributed by atoms with Gasteiger partial charge in [0.05, 0.1) is 12.6 Å². The zero-order valence-corrected chi connectivity index (χ0v) is 9.73. The summed E-state index contributed by atoms with van der Waals surface area (Å²) >= 11 is 0. The summed E-state index contributed by atoms with van der Waals surface area (Å²) in [4.78, 5) is 16.0. The number of nitrogens with one attached hydrogen (secondary N) is 2. The zero-order chi connectivity index (χ0) is 11.5. The molecule has 1 fully saturated rings. The van der Waals surface area contributed by atoms with E-state index in [9.17, 15) is 4.79 Å². The quantitative estimate of drug-likeness (QED) is 0.759. The van der Waals surface area contributed by atoms with Gasteiger partial charge in [-0.1, -0.05) is 6.92 Å². The SMILES string of the molecule is CC1CCNC1C(=O)NCc1nccn1C. The molecular weight excluding hydrogens is 204 g/mol. The van der Waals surface area contributed by atoms with Crippen molar-refractivity contribution >= 4 is 5.91 Å². The largest absolute Gasteiger partial charge is 0.348 e. The minimum absolute atomic E-state index is 0.0414. The molecule has 2 atom stereocenters. The Kier molecular flexibility index (Phi) is 3.24. The fourth-order valence-corrected chi connectivity index (χ4v) is 2.03. The lowest BCUT2D eigenvalue weighted by molar-refractivity contribution is -0.123. The average molecular weight is 222 g/mol. The van der Waals surface area contributed by atoms with E-state index in [0.29, 0.717) is 12.5 Å². The van der Waals surface area contributed by atoms with Crippen LogP contribution in [-0.4, -0.2) is 28.0 Å². The Labute approximate surface area is 95.2 Å². The Bertz CT molecular complexity index is 374. The zero-order valence-electron chi connectivity index (χ0n) is 9.73. The number of rotatable bonds is 3. The highest BCUT2D eigenvalue weighted by atomic mass is 16.2. The van der Waals surface area contributed by atoms with Crippen molar-refractivity contribution < 1.29 is 4.79 Å². The van der Waals surface area contributed by atoms with Crippen LogP contribution in [0.5, 0.6) is 0 Å². The minimum Gasteiger partial charge on any atom is -0.348 e. The molecule has 5 heteroatoms. The first-order valence-corrected chi connectivity index (χ1v) is 5.66. The molecule has 2 N–H and O–H groups in total. The van der Waals surface area contributed by atoms with Gasteiger partial charge in [-0.2, -0.15) is 0 Å². The van der Waals surface area contributed by atoms with E-state index in [1.807, 2.05) is 17.8 Å². The predicted octanol–water partition coefficient (Wildman–Crippen LogP) is 0.0343. The van der Waals surface area contributed by atoms with Gasteiger partial charge in [-0.3, -0.25) is 4.79 Å². The van der Waals surface area contributed by atoms with Crippen LogP contribution in [0.15, 0.2) is 12.4 Å². The summed E-state index contributed by atoms with van der Waals surface area (Å²) in [7, 11) is 1.92. The molecule has 0 bridgehead atoms. The van der Waals surface area contributed by atoms with Crippen LogP contribution in [-0.2, 0) is 18.4 Å². The monoisotopic (exact) mass is 222 g/mol. The molecule has 88 valence electrons. The van der Waals surface area contributed by atoms with Crippen LogP contribution in [0.1, 0.15) is 19.2 Å². The fourth-order valence-electron chi connectivity index (χ4n) is 2.03. The molecule has 0 aromatic carbocycles. The summed E-state index contributed by atoms with van der Waals surface area (Å²) < 4.78 is 1.91. The van der Waals surface area contributed by atoms with Crippen LogP contribution in [0.25, 0.3) is 0 Å². The minimum atomic E-state index is -0.0414. The van der Waals surface area contributed by atoms with E-state index in [0.717, 1.165) is 18.8 Å². The van der Waals surface area contributed by atoms with E-state index in [1.54, 1.807) is 6.20 Å². The first-order chi connectivity index (χ1) is 7.68. The van der Waals surface area contributed by atoms with E-state index in [4.69, 9.17) is 0 Å². The van der Waals surface area contributed by atoms with Crippen LogP contribution in [0.2, 0.25) is 0 Å². The van der Waals surface area contributed by atoms with Gasteiger partial charge in [0, 0.05) is 19.4 Å². The number of amides is 1. The molecule has 1 amide bonds. The summed E-state index contributed by atoms with van der Waals surface area (Å²) in [6.07, 6.45) is 4.68. The summed E-state index contributed by atoms with van der Waals surface area (Å²) in [6.45, 7) is 3.53. The molecule has 5 nitrogen and oxygen atoms in total. The van der Waals surface area contributed by atoms with Crippen LogP contribution in [0.4, 0.5) is 0 Å². The molecule has 2 unspecified atom stereocenters. The second-order valence-corrected chi connectivity index (χ2v) is 4.37. The lowest BCUT2D eigenvalue weighted by Gasteiger charge is -2.15. The molecule has 0 spiro atoms. The Morgan fingerprint density at radius 2 is 2.56 bits per heavy atom. The predicted molar refractivity (Wildman–Crippen MR) is 60.6 cm³/mol. The molecule has 2 rings (SSSR count). The normalized spacial score (nSPS) is 24.6. The van der Waals surface area contributed by atoms with Crippen LogP contribution in [0.3, 0.4) is 0 Å². The second kappa shape index (κ2) is 4.65. The first-order valence-electron chi connectivity index (χ1n) is 5.66. The number of carbonyl (C=O) groups excluding carboxylic acids is 1. The molecule has 1 saturated heterocycles. The maximum absolute atomic E-state index is 11.9. The van der Waals surface area contributed by atoms with Crippen LogP contribution >= 0.6 is 0 Å². The summed E-state index contributed by atoms with van der Waals surface area (Å²) in [5.74, 6) is 1.37. The third-order valence-electron chi connectivity index (χ3n) is 3.16. The van der Waals surface area contributed by atoms with E-state index >= 15 is 0 Å². The lowest BCUT2D eigenvalue weighted by Crippen LogP contribution is -2.43. The van der Waals surface area contributed by atoms with Gasteiger partial charge in [-0.25, -0.2) is 4.98 Å². The van der Waals surface area contributed by atoms with E-state index in [2.05, 4.69) is 22.5 Å². The van der Waals surface area contributed by atoms with Crippen molar-refractivity contribution in [2.75, 3.05) is 6.54 Å². The number of aromatic nitrogens is 2. The van der Waals surface area contributed by atoms with Crippen molar-refractivity contribution in [2.45, 2.75) is 25.9 Å². The number of carbonyl (C=O) groups is 1. The molecule has 0 radical (unpaired) electrons. The van der Waals surface area contributed by atoms with Crippen molar-refractivity contribution in [2.24, 2.45) is 13.0 Å². The Morgan fingerprint density at radius 3 is 3.12 bits per heavy atom. The van der Waals surface area contributed by atoms with Crippen molar-refractivity contribution in [1.29, 1.82) is 0 Å². The molecule has 2 heterocycles. The second-order valence-electron chi connectivity index (χ2n) is 4.37. The van der Waals surface area contributed by atoms with Crippen molar-refractivity contribution in [3.05, 3.63) is 18.2 Å². The van der Waals surface area contributed by atoms with Crippen molar-refractivity contribution in [1.82, 2.24) is 20.2 Å². The number of hydrogen-bond donors (Lipinski definition) is 2. The molecule has 0 saturated carbocycles. The third-order valence-corrected chi connectivity index (χ3v) is 3.16. The standard InChI is InChI=1S/C11H18N4O/c1-8-3-4-13-10(8)11(16)14-7-9-12-5-6-15(9)2/h5-6,8,10,13H,3-4,7H2,1-2H3,(H,14,16). The van der Waals surface area contributed by atoms with Gasteiger partial charge in [-0.15, -0.1) is 0 Å². The van der Waals surface area contributed by atoms with Gasteiger partial charge in [0.2, 0.25) is 5.91 Å². The number of aryl methyl sites for hydroxylation is 1. The molecule has 1 aliphatic rings. The molecule has 0 aliphatic carbocycles. The maximum atomic E-state index is 11.9. The van der Waals surface area contributed by atoms with Crippen molar-refractivity contribution in [3.8, 4) is 0 Å². The maximum Gasteiger partial charge on any atom is 0.237 e. The number of nitrogens with zero attached hydrogens (tertiary/aromatic N) is 2. The summed E-state index contributed by atoms with van der Waals surface area (Å²) in [6, 6.07) is -0.0414. The van der Waals surface area contributed by atoms with Gasteiger partial charge >= 0.3 is 0 Å². The Hall–Kier alpha value is -1.36. The molecule has 1 aromatic rings. The van der Waals surface area contributed by atoms with Crippen molar-refractivity contribution in [3.63, 3.8) is 0 Å². The van der Waals surface area contributed by atoms with Gasteiger partial charge in [0.15, 0.2) is 0 Å².